The number of aliphatic carboxylic acids is 1. The van der Waals surface area contributed by atoms with Crippen molar-refractivity contribution in [2.75, 3.05) is 5.73 Å². The molecule has 0 spiro atoms. The van der Waals surface area contributed by atoms with Crippen LogP contribution >= 0.6 is 0 Å². The third-order valence-electron chi connectivity index (χ3n) is 3.07. The SMILES string of the molecule is CCC(NC(=O)NC(C)(C)c1ccc(N)cc1)C(=O)O. The molecule has 0 saturated carbocycles. The highest BCUT2D eigenvalue weighted by molar-refractivity contribution is 5.82. The van der Waals surface area contributed by atoms with Crippen LogP contribution in [-0.4, -0.2) is 23.1 Å². The molecule has 1 aromatic rings. The van der Waals surface area contributed by atoms with E-state index < -0.39 is 23.6 Å². The molecular formula is C14H21N3O3. The standard InChI is InChI=1S/C14H21N3O3/c1-4-11(12(18)19)16-13(20)17-14(2,3)9-5-7-10(15)8-6-9/h5-8,11H,4,15H2,1-3H3,(H,18,19)(H2,16,17,20). The fourth-order valence-electron chi connectivity index (χ4n) is 1.79. The molecule has 0 fully saturated rings. The van der Waals surface area contributed by atoms with E-state index in [1.165, 1.54) is 0 Å². The maximum atomic E-state index is 11.9. The number of nitrogens with two attached hydrogens (primary N) is 1. The summed E-state index contributed by atoms with van der Waals surface area (Å²) in [6.45, 7) is 5.36. The van der Waals surface area contributed by atoms with Crippen molar-refractivity contribution in [1.29, 1.82) is 0 Å². The van der Waals surface area contributed by atoms with Crippen molar-refractivity contribution >= 4 is 17.7 Å². The van der Waals surface area contributed by atoms with E-state index in [4.69, 9.17) is 10.8 Å². The van der Waals surface area contributed by atoms with Crippen molar-refractivity contribution in [3.63, 3.8) is 0 Å². The van der Waals surface area contributed by atoms with Crippen LogP contribution in [0.2, 0.25) is 0 Å². The summed E-state index contributed by atoms with van der Waals surface area (Å²) in [7, 11) is 0. The zero-order chi connectivity index (χ0) is 15.3. The number of anilines is 1. The van der Waals surface area contributed by atoms with Gasteiger partial charge < -0.3 is 21.5 Å². The minimum atomic E-state index is -1.05. The largest absolute Gasteiger partial charge is 0.480 e. The summed E-state index contributed by atoms with van der Waals surface area (Å²) in [6, 6.07) is 5.75. The lowest BCUT2D eigenvalue weighted by molar-refractivity contribution is -0.139. The first-order valence-corrected chi connectivity index (χ1v) is 6.43. The molecule has 0 aliphatic carbocycles. The summed E-state index contributed by atoms with van der Waals surface area (Å²) in [5, 5.41) is 14.1. The van der Waals surface area contributed by atoms with Gasteiger partial charge in [-0.1, -0.05) is 19.1 Å². The second-order valence-electron chi connectivity index (χ2n) is 5.14. The van der Waals surface area contributed by atoms with Gasteiger partial charge in [-0.3, -0.25) is 0 Å². The first kappa shape index (κ1) is 15.8. The monoisotopic (exact) mass is 279 g/mol. The minimum absolute atomic E-state index is 0.324. The fraction of sp³-hybridized carbons (Fsp3) is 0.429. The number of rotatable bonds is 5. The van der Waals surface area contributed by atoms with Gasteiger partial charge in [0, 0.05) is 5.69 Å². The maximum absolute atomic E-state index is 11.9. The number of carboxylic acids is 1. The van der Waals surface area contributed by atoms with Crippen molar-refractivity contribution in [3.05, 3.63) is 29.8 Å². The highest BCUT2D eigenvalue weighted by Crippen LogP contribution is 2.20. The quantitative estimate of drug-likeness (QED) is 0.615. The Kier molecular flexibility index (Phi) is 4.96. The van der Waals surface area contributed by atoms with Gasteiger partial charge in [0.25, 0.3) is 0 Å². The van der Waals surface area contributed by atoms with Crippen molar-refractivity contribution < 1.29 is 14.7 Å². The number of nitrogen functional groups attached to an aromatic ring is 1. The van der Waals surface area contributed by atoms with Crippen molar-refractivity contribution in [2.45, 2.75) is 38.8 Å². The Morgan fingerprint density at radius 1 is 1.30 bits per heavy atom. The average Bonchev–Trinajstić information content (AvgIpc) is 2.35. The first-order chi connectivity index (χ1) is 9.26. The number of nitrogens with one attached hydrogen (secondary N) is 2. The Balaban J connectivity index is 2.72. The van der Waals surface area contributed by atoms with Crippen LogP contribution in [0, 0.1) is 0 Å². The summed E-state index contributed by atoms with van der Waals surface area (Å²) in [6.07, 6.45) is 0.324. The zero-order valence-corrected chi connectivity index (χ0v) is 11.9. The molecule has 1 atom stereocenters. The van der Waals surface area contributed by atoms with Crippen LogP contribution in [-0.2, 0) is 10.3 Å². The molecule has 0 saturated heterocycles. The molecule has 2 amide bonds. The molecule has 110 valence electrons. The molecule has 0 bridgehead atoms. The lowest BCUT2D eigenvalue weighted by Gasteiger charge is -2.28. The summed E-state index contributed by atoms with van der Waals surface area (Å²) in [5.41, 5.74) is 6.52. The molecule has 1 aromatic carbocycles. The van der Waals surface area contributed by atoms with E-state index in [2.05, 4.69) is 10.6 Å². The number of hydrogen-bond donors (Lipinski definition) is 4. The normalized spacial score (nSPS) is 12.6. The Bertz CT molecular complexity index is 483. The van der Waals surface area contributed by atoms with E-state index in [0.29, 0.717) is 12.1 Å². The fourth-order valence-corrected chi connectivity index (χ4v) is 1.79. The Hall–Kier alpha value is -2.24. The molecule has 1 rings (SSSR count). The number of amides is 2. The highest BCUT2D eigenvalue weighted by Gasteiger charge is 2.25. The maximum Gasteiger partial charge on any atom is 0.326 e. The number of urea groups is 1. The molecular weight excluding hydrogens is 258 g/mol. The number of carbonyl (C=O) groups excluding carboxylic acids is 1. The smallest absolute Gasteiger partial charge is 0.326 e. The van der Waals surface area contributed by atoms with E-state index in [9.17, 15) is 9.59 Å². The minimum Gasteiger partial charge on any atom is -0.480 e. The van der Waals surface area contributed by atoms with Gasteiger partial charge in [0.15, 0.2) is 0 Å². The van der Waals surface area contributed by atoms with E-state index >= 15 is 0 Å². The van der Waals surface area contributed by atoms with Crippen LogP contribution in [0.1, 0.15) is 32.8 Å². The van der Waals surface area contributed by atoms with E-state index in [1.54, 1.807) is 19.1 Å². The third kappa shape index (κ3) is 4.15. The van der Waals surface area contributed by atoms with Gasteiger partial charge in [0.2, 0.25) is 0 Å². The Morgan fingerprint density at radius 2 is 1.85 bits per heavy atom. The summed E-state index contributed by atoms with van der Waals surface area (Å²) < 4.78 is 0. The van der Waals surface area contributed by atoms with Crippen molar-refractivity contribution in [2.24, 2.45) is 0 Å². The number of hydrogen-bond acceptors (Lipinski definition) is 3. The van der Waals surface area contributed by atoms with Crippen LogP contribution in [0.5, 0.6) is 0 Å². The van der Waals surface area contributed by atoms with Crippen LogP contribution < -0.4 is 16.4 Å². The predicted octanol–water partition coefficient (Wildman–Crippen LogP) is 1.67. The van der Waals surface area contributed by atoms with E-state index in [-0.39, 0.29) is 0 Å². The molecule has 6 nitrogen and oxygen atoms in total. The van der Waals surface area contributed by atoms with E-state index in [1.807, 2.05) is 26.0 Å². The topological polar surface area (TPSA) is 104 Å². The molecule has 0 radical (unpaired) electrons. The average molecular weight is 279 g/mol. The molecule has 5 N–H and O–H groups in total. The van der Waals surface area contributed by atoms with Gasteiger partial charge in [-0.05, 0) is 38.0 Å². The zero-order valence-electron chi connectivity index (χ0n) is 11.9. The van der Waals surface area contributed by atoms with Crippen LogP contribution in [0.25, 0.3) is 0 Å². The van der Waals surface area contributed by atoms with Gasteiger partial charge in [0.1, 0.15) is 6.04 Å². The second-order valence-corrected chi connectivity index (χ2v) is 5.14. The van der Waals surface area contributed by atoms with Gasteiger partial charge in [0.05, 0.1) is 5.54 Å². The van der Waals surface area contributed by atoms with Gasteiger partial charge in [-0.15, -0.1) is 0 Å². The molecule has 0 aliphatic heterocycles. The molecule has 0 aromatic heterocycles. The lowest BCUT2D eigenvalue weighted by atomic mass is 9.94. The van der Waals surface area contributed by atoms with Crippen LogP contribution in [0.15, 0.2) is 24.3 Å². The molecule has 20 heavy (non-hydrogen) atoms. The molecule has 0 aliphatic rings. The van der Waals surface area contributed by atoms with E-state index in [0.717, 1.165) is 5.56 Å². The highest BCUT2D eigenvalue weighted by atomic mass is 16.4. The van der Waals surface area contributed by atoms with Gasteiger partial charge in [-0.25, -0.2) is 9.59 Å². The van der Waals surface area contributed by atoms with Crippen molar-refractivity contribution in [3.8, 4) is 0 Å². The Labute approximate surface area is 118 Å². The number of carbonyl (C=O) groups is 2. The summed E-state index contributed by atoms with van der Waals surface area (Å²) >= 11 is 0. The van der Waals surface area contributed by atoms with Crippen LogP contribution in [0.3, 0.4) is 0 Å². The second kappa shape index (κ2) is 6.27. The van der Waals surface area contributed by atoms with Crippen molar-refractivity contribution in [1.82, 2.24) is 10.6 Å². The lowest BCUT2D eigenvalue weighted by Crippen LogP contribution is -2.51. The predicted molar refractivity (Wildman–Crippen MR) is 77.3 cm³/mol. The third-order valence-corrected chi connectivity index (χ3v) is 3.07. The van der Waals surface area contributed by atoms with Gasteiger partial charge in [-0.2, -0.15) is 0 Å². The van der Waals surface area contributed by atoms with Gasteiger partial charge >= 0.3 is 12.0 Å². The number of carboxylic acid groups (broad SMARTS) is 1. The Morgan fingerprint density at radius 3 is 2.30 bits per heavy atom. The number of benzene rings is 1. The van der Waals surface area contributed by atoms with Crippen LogP contribution in [0.4, 0.5) is 10.5 Å². The first-order valence-electron chi connectivity index (χ1n) is 6.43. The molecule has 0 heterocycles. The molecule has 1 unspecified atom stereocenters. The summed E-state index contributed by atoms with van der Waals surface area (Å²) in [4.78, 5) is 22.7. The molecule has 6 heteroatoms. The summed E-state index contributed by atoms with van der Waals surface area (Å²) in [5.74, 6) is -1.05.